The van der Waals surface area contributed by atoms with Gasteiger partial charge in [0.25, 0.3) is 0 Å². The topological polar surface area (TPSA) is 101 Å². The molecular weight excluding hydrogens is 322 g/mol. The average Bonchev–Trinajstić information content (AvgIpc) is 2.66. The lowest BCUT2D eigenvalue weighted by Gasteiger charge is -2.48. The predicted molar refractivity (Wildman–Crippen MR) is 97.6 cm³/mol. The lowest BCUT2D eigenvalue weighted by atomic mass is 9.55. The van der Waals surface area contributed by atoms with Gasteiger partial charge in [-0.1, -0.05) is 36.4 Å². The smallest absolute Gasteiger partial charge is 0.192 e. The van der Waals surface area contributed by atoms with E-state index in [4.69, 9.17) is 5.73 Å². The number of nitrogens with two attached hydrogens (primary N) is 1. The molecular formula is C21H21N5. The van der Waals surface area contributed by atoms with Crippen molar-refractivity contribution in [2.75, 3.05) is 13.1 Å². The number of nitrogens with zero attached hydrogens (tertiary/aromatic N) is 4. The SMILES string of the molecule is CC1=CC2(CCN(Cc3ccccc3)CC2)C(C#N)(C#N)C(N)=C1C#N. The van der Waals surface area contributed by atoms with E-state index in [9.17, 15) is 15.8 Å². The molecule has 2 N–H and O–H groups in total. The van der Waals surface area contributed by atoms with Gasteiger partial charge in [0.1, 0.15) is 6.07 Å². The van der Waals surface area contributed by atoms with Crippen molar-refractivity contribution in [3.8, 4) is 18.2 Å². The molecule has 5 nitrogen and oxygen atoms in total. The van der Waals surface area contributed by atoms with Gasteiger partial charge in [-0.3, -0.25) is 4.90 Å². The number of rotatable bonds is 2. The summed E-state index contributed by atoms with van der Waals surface area (Å²) in [6.45, 7) is 4.24. The summed E-state index contributed by atoms with van der Waals surface area (Å²) >= 11 is 0. The molecule has 0 unspecified atom stereocenters. The summed E-state index contributed by atoms with van der Waals surface area (Å²) < 4.78 is 0. The molecule has 1 aliphatic carbocycles. The zero-order valence-corrected chi connectivity index (χ0v) is 14.9. The average molecular weight is 343 g/mol. The number of hydrogen-bond acceptors (Lipinski definition) is 5. The fourth-order valence-corrected chi connectivity index (χ4v) is 4.25. The van der Waals surface area contributed by atoms with E-state index >= 15 is 0 Å². The van der Waals surface area contributed by atoms with Crippen molar-refractivity contribution in [1.29, 1.82) is 15.8 Å². The van der Waals surface area contributed by atoms with Crippen LogP contribution in [0.2, 0.25) is 0 Å². The number of likely N-dealkylation sites (tertiary alicyclic amines) is 1. The number of piperidine rings is 1. The Morgan fingerprint density at radius 3 is 2.23 bits per heavy atom. The lowest BCUT2D eigenvalue weighted by Crippen LogP contribution is -2.51. The summed E-state index contributed by atoms with van der Waals surface area (Å²) in [7, 11) is 0. The molecule has 0 amide bonds. The van der Waals surface area contributed by atoms with Crippen molar-refractivity contribution in [2.45, 2.75) is 26.3 Å². The summed E-state index contributed by atoms with van der Waals surface area (Å²) in [4.78, 5) is 2.34. The third-order valence-electron chi connectivity index (χ3n) is 5.75. The largest absolute Gasteiger partial charge is 0.399 e. The second kappa shape index (κ2) is 6.68. The van der Waals surface area contributed by atoms with E-state index in [0.717, 1.165) is 25.2 Å². The molecule has 0 atom stereocenters. The number of nitriles is 3. The zero-order valence-electron chi connectivity index (χ0n) is 14.9. The van der Waals surface area contributed by atoms with E-state index < -0.39 is 10.8 Å². The van der Waals surface area contributed by atoms with Crippen molar-refractivity contribution in [1.82, 2.24) is 4.90 Å². The van der Waals surface area contributed by atoms with Gasteiger partial charge in [-0.25, -0.2) is 0 Å². The fraction of sp³-hybridized carbons (Fsp3) is 0.381. The van der Waals surface area contributed by atoms with Gasteiger partial charge < -0.3 is 5.73 Å². The van der Waals surface area contributed by atoms with Crippen LogP contribution in [0.1, 0.15) is 25.3 Å². The second-order valence-electron chi connectivity index (χ2n) is 7.12. The van der Waals surface area contributed by atoms with E-state index in [1.807, 2.05) is 31.2 Å². The molecule has 0 saturated carbocycles. The van der Waals surface area contributed by atoms with Gasteiger partial charge in [-0.15, -0.1) is 0 Å². The van der Waals surface area contributed by atoms with Gasteiger partial charge in [-0.05, 0) is 44.0 Å². The van der Waals surface area contributed by atoms with Crippen molar-refractivity contribution in [3.05, 3.63) is 58.8 Å². The van der Waals surface area contributed by atoms with Crippen molar-refractivity contribution >= 4 is 0 Å². The van der Waals surface area contributed by atoms with Crippen LogP contribution in [0.4, 0.5) is 0 Å². The highest BCUT2D eigenvalue weighted by Crippen LogP contribution is 2.55. The molecule has 1 aliphatic heterocycles. The maximum Gasteiger partial charge on any atom is 0.192 e. The van der Waals surface area contributed by atoms with E-state index in [1.54, 1.807) is 0 Å². The highest BCUT2D eigenvalue weighted by molar-refractivity contribution is 5.56. The van der Waals surface area contributed by atoms with Crippen LogP contribution in [0.25, 0.3) is 0 Å². The molecule has 1 aromatic rings. The Labute approximate surface area is 154 Å². The maximum absolute atomic E-state index is 9.89. The Balaban J connectivity index is 1.89. The summed E-state index contributed by atoms with van der Waals surface area (Å²) in [5.41, 5.74) is 6.48. The van der Waals surface area contributed by atoms with Crippen LogP contribution in [0.5, 0.6) is 0 Å². The van der Waals surface area contributed by atoms with Crippen LogP contribution in [0.15, 0.2) is 53.3 Å². The number of allylic oxidation sites excluding steroid dienone is 4. The molecule has 1 saturated heterocycles. The van der Waals surface area contributed by atoms with Gasteiger partial charge in [-0.2, -0.15) is 15.8 Å². The summed E-state index contributed by atoms with van der Waals surface area (Å²) in [6.07, 6.45) is 3.28. The summed E-state index contributed by atoms with van der Waals surface area (Å²) in [5, 5.41) is 29.2. The Morgan fingerprint density at radius 2 is 1.69 bits per heavy atom. The van der Waals surface area contributed by atoms with E-state index in [1.165, 1.54) is 5.56 Å². The van der Waals surface area contributed by atoms with Crippen LogP contribution in [-0.2, 0) is 6.54 Å². The maximum atomic E-state index is 9.89. The Bertz CT molecular complexity index is 867. The standard InChI is InChI=1S/C21H21N5/c1-16-11-20(21(14-23,15-24)19(25)18(16)12-22)7-9-26(10-8-20)13-17-5-3-2-4-6-17/h2-6,11H,7-10,13,25H2,1H3. The van der Waals surface area contributed by atoms with Crippen molar-refractivity contribution < 1.29 is 0 Å². The third-order valence-corrected chi connectivity index (χ3v) is 5.75. The molecule has 0 radical (unpaired) electrons. The van der Waals surface area contributed by atoms with Crippen molar-refractivity contribution in [3.63, 3.8) is 0 Å². The first-order chi connectivity index (χ1) is 12.5. The van der Waals surface area contributed by atoms with Crippen LogP contribution in [-0.4, -0.2) is 18.0 Å². The molecule has 0 aromatic heterocycles. The van der Waals surface area contributed by atoms with Gasteiger partial charge in [0.05, 0.1) is 23.4 Å². The molecule has 2 aliphatic rings. The Morgan fingerprint density at radius 1 is 1.08 bits per heavy atom. The van der Waals surface area contributed by atoms with Crippen LogP contribution in [0, 0.1) is 44.8 Å². The number of hydrogen-bond donors (Lipinski definition) is 1. The van der Waals surface area contributed by atoms with Gasteiger partial charge in [0.2, 0.25) is 0 Å². The third kappa shape index (κ3) is 2.57. The van der Waals surface area contributed by atoms with Gasteiger partial charge in [0, 0.05) is 12.0 Å². The molecule has 5 heteroatoms. The zero-order chi connectivity index (χ0) is 18.8. The first-order valence-corrected chi connectivity index (χ1v) is 8.71. The minimum atomic E-state index is -1.48. The van der Waals surface area contributed by atoms with Gasteiger partial charge >= 0.3 is 0 Å². The van der Waals surface area contributed by atoms with Crippen LogP contribution >= 0.6 is 0 Å². The van der Waals surface area contributed by atoms with Crippen LogP contribution < -0.4 is 5.73 Å². The van der Waals surface area contributed by atoms with E-state index in [0.29, 0.717) is 12.8 Å². The summed E-state index contributed by atoms with van der Waals surface area (Å²) in [6, 6.07) is 16.7. The van der Waals surface area contributed by atoms with Gasteiger partial charge in [0.15, 0.2) is 5.41 Å². The molecule has 26 heavy (non-hydrogen) atoms. The first-order valence-electron chi connectivity index (χ1n) is 8.71. The number of benzene rings is 1. The Kier molecular flexibility index (Phi) is 4.56. The molecule has 1 fully saturated rings. The normalized spacial score (nSPS) is 21.4. The quantitative estimate of drug-likeness (QED) is 0.889. The molecule has 3 rings (SSSR count). The fourth-order valence-electron chi connectivity index (χ4n) is 4.25. The predicted octanol–water partition coefficient (Wildman–Crippen LogP) is 3.00. The molecule has 0 bridgehead atoms. The second-order valence-corrected chi connectivity index (χ2v) is 7.12. The van der Waals surface area contributed by atoms with Crippen molar-refractivity contribution in [2.24, 2.45) is 16.6 Å². The molecule has 1 aromatic carbocycles. The summed E-state index contributed by atoms with van der Waals surface area (Å²) in [5.74, 6) is 0. The highest BCUT2D eigenvalue weighted by Gasteiger charge is 2.57. The minimum absolute atomic E-state index is 0.113. The van der Waals surface area contributed by atoms with E-state index in [-0.39, 0.29) is 11.3 Å². The molecule has 1 heterocycles. The molecule has 1 spiro atoms. The monoisotopic (exact) mass is 343 g/mol. The first kappa shape index (κ1) is 17.7. The minimum Gasteiger partial charge on any atom is -0.399 e. The van der Waals surface area contributed by atoms with Crippen LogP contribution in [0.3, 0.4) is 0 Å². The van der Waals surface area contributed by atoms with E-state index in [2.05, 4.69) is 35.2 Å². The lowest BCUT2D eigenvalue weighted by molar-refractivity contribution is 0.0871. The molecule has 130 valence electrons. The highest BCUT2D eigenvalue weighted by atomic mass is 15.1. The Hall–Kier alpha value is -3.07.